The summed E-state index contributed by atoms with van der Waals surface area (Å²) in [6.45, 7) is 0.743. The fourth-order valence-corrected chi connectivity index (χ4v) is 1.52. The fourth-order valence-electron chi connectivity index (χ4n) is 1.52. The van der Waals surface area contributed by atoms with Crippen LogP contribution in [0.3, 0.4) is 0 Å². The van der Waals surface area contributed by atoms with Gasteiger partial charge in [-0.25, -0.2) is 0 Å². The van der Waals surface area contributed by atoms with Crippen molar-refractivity contribution in [3.05, 3.63) is 36.4 Å². The largest absolute Gasteiger partial charge is 0.480 e. The van der Waals surface area contributed by atoms with Crippen LogP contribution in [0, 0.1) is 0 Å². The van der Waals surface area contributed by atoms with E-state index >= 15 is 0 Å². The van der Waals surface area contributed by atoms with Crippen molar-refractivity contribution in [3.63, 3.8) is 0 Å². The number of nitrogens with zero attached hydrogens (tertiary/aromatic N) is 4. The first-order valence-corrected chi connectivity index (χ1v) is 5.65. The van der Waals surface area contributed by atoms with Gasteiger partial charge in [0.05, 0.1) is 18.3 Å². The Labute approximate surface area is 108 Å². The van der Waals surface area contributed by atoms with Gasteiger partial charge in [-0.2, -0.15) is 10.2 Å². The molecule has 0 saturated heterocycles. The number of nitrogens with one attached hydrogen (secondary N) is 1. The Hall–Kier alpha value is -2.64. The van der Waals surface area contributed by atoms with E-state index in [1.165, 1.54) is 17.1 Å². The molecule has 0 radical (unpaired) electrons. The highest BCUT2D eigenvalue weighted by molar-refractivity contribution is 5.93. The molecule has 2 N–H and O–H groups in total. The molecule has 2 aromatic rings. The second-order valence-electron chi connectivity index (χ2n) is 3.85. The minimum absolute atomic E-state index is 0.263. The molecule has 0 aliphatic rings. The Bertz CT molecular complexity index is 561. The molecule has 100 valence electrons. The molecule has 0 unspecified atom stereocenters. The molecule has 2 aromatic heterocycles. The monoisotopic (exact) mass is 263 g/mol. The fraction of sp³-hybridized carbons (Fsp3) is 0.273. The van der Waals surface area contributed by atoms with Crippen LogP contribution in [-0.4, -0.2) is 43.1 Å². The summed E-state index contributed by atoms with van der Waals surface area (Å²) in [5.74, 6) is -1.29. The molecule has 0 spiro atoms. The smallest absolute Gasteiger partial charge is 0.325 e. The number of hydrogen-bond donors (Lipinski definition) is 2. The van der Waals surface area contributed by atoms with E-state index in [0.717, 1.165) is 0 Å². The van der Waals surface area contributed by atoms with Crippen LogP contribution in [0.25, 0.3) is 0 Å². The highest BCUT2D eigenvalue weighted by Gasteiger charge is 2.09. The Morgan fingerprint density at radius 1 is 1.32 bits per heavy atom. The number of carboxylic acids is 1. The number of aliphatic carboxylic acids is 1. The van der Waals surface area contributed by atoms with Gasteiger partial charge in [-0.3, -0.25) is 19.0 Å². The van der Waals surface area contributed by atoms with Gasteiger partial charge in [0.15, 0.2) is 0 Å². The summed E-state index contributed by atoms with van der Waals surface area (Å²) >= 11 is 0. The summed E-state index contributed by atoms with van der Waals surface area (Å²) in [4.78, 5) is 22.2. The zero-order valence-electron chi connectivity index (χ0n) is 10.1. The maximum absolute atomic E-state index is 11.7. The zero-order valence-corrected chi connectivity index (χ0v) is 10.1. The molecule has 2 heterocycles. The Morgan fingerprint density at radius 3 is 2.84 bits per heavy atom. The summed E-state index contributed by atoms with van der Waals surface area (Å²) in [6, 6.07) is 1.80. The molecule has 0 bridgehead atoms. The van der Waals surface area contributed by atoms with Gasteiger partial charge in [0.25, 0.3) is 5.91 Å². The van der Waals surface area contributed by atoms with Gasteiger partial charge in [0.2, 0.25) is 0 Å². The van der Waals surface area contributed by atoms with E-state index in [1.54, 1.807) is 23.1 Å². The lowest BCUT2D eigenvalue weighted by Crippen LogP contribution is -2.27. The van der Waals surface area contributed by atoms with Crippen molar-refractivity contribution in [2.24, 2.45) is 0 Å². The molecule has 0 atom stereocenters. The summed E-state index contributed by atoms with van der Waals surface area (Å²) in [5.41, 5.74) is 0.335. The molecule has 8 nitrogen and oxygen atoms in total. The van der Waals surface area contributed by atoms with E-state index in [1.807, 2.05) is 0 Å². The summed E-state index contributed by atoms with van der Waals surface area (Å²) in [5, 5.41) is 19.1. The molecule has 2 rings (SSSR count). The third-order valence-corrected chi connectivity index (χ3v) is 2.38. The van der Waals surface area contributed by atoms with Gasteiger partial charge < -0.3 is 10.4 Å². The first-order valence-electron chi connectivity index (χ1n) is 5.65. The van der Waals surface area contributed by atoms with Crippen molar-refractivity contribution in [2.45, 2.75) is 13.1 Å². The number of carbonyl (C=O) groups excluding carboxylic acids is 1. The minimum Gasteiger partial charge on any atom is -0.480 e. The molecule has 0 aliphatic carbocycles. The topological polar surface area (TPSA) is 102 Å². The average Bonchev–Trinajstić information content (AvgIpc) is 2.99. The lowest BCUT2D eigenvalue weighted by Gasteiger charge is -2.03. The second-order valence-corrected chi connectivity index (χ2v) is 3.85. The summed E-state index contributed by atoms with van der Waals surface area (Å²) in [7, 11) is 0. The predicted molar refractivity (Wildman–Crippen MR) is 64.4 cm³/mol. The highest BCUT2D eigenvalue weighted by Crippen LogP contribution is 1.97. The van der Waals surface area contributed by atoms with E-state index in [9.17, 15) is 9.59 Å². The van der Waals surface area contributed by atoms with Crippen LogP contribution >= 0.6 is 0 Å². The van der Waals surface area contributed by atoms with Gasteiger partial charge in [-0.05, 0) is 6.07 Å². The number of hydrogen-bond acceptors (Lipinski definition) is 4. The van der Waals surface area contributed by atoms with Crippen LogP contribution in [0.2, 0.25) is 0 Å². The van der Waals surface area contributed by atoms with Crippen LogP contribution in [-0.2, 0) is 17.9 Å². The lowest BCUT2D eigenvalue weighted by atomic mass is 10.3. The number of rotatable bonds is 6. The third-order valence-electron chi connectivity index (χ3n) is 2.38. The SMILES string of the molecule is O=C(O)Cn1cc(C(=O)NCCn2cccn2)cn1. The van der Waals surface area contributed by atoms with Gasteiger partial charge in [-0.15, -0.1) is 0 Å². The first-order chi connectivity index (χ1) is 9.15. The third kappa shape index (κ3) is 3.66. The van der Waals surface area contributed by atoms with Crippen molar-refractivity contribution in [2.75, 3.05) is 6.54 Å². The van der Waals surface area contributed by atoms with E-state index in [-0.39, 0.29) is 12.5 Å². The Balaban J connectivity index is 1.82. The van der Waals surface area contributed by atoms with Crippen LogP contribution < -0.4 is 5.32 Å². The number of carbonyl (C=O) groups is 2. The van der Waals surface area contributed by atoms with Gasteiger partial charge in [0.1, 0.15) is 6.54 Å². The normalized spacial score (nSPS) is 10.3. The predicted octanol–water partition coefficient (Wildman–Crippen LogP) is -0.406. The molecule has 8 heteroatoms. The molecule has 1 amide bonds. The minimum atomic E-state index is -1.01. The van der Waals surface area contributed by atoms with E-state index in [0.29, 0.717) is 18.7 Å². The summed E-state index contributed by atoms with van der Waals surface area (Å²) in [6.07, 6.45) is 6.21. The summed E-state index contributed by atoms with van der Waals surface area (Å²) < 4.78 is 2.90. The maximum Gasteiger partial charge on any atom is 0.325 e. The van der Waals surface area contributed by atoms with Crippen molar-refractivity contribution in [3.8, 4) is 0 Å². The van der Waals surface area contributed by atoms with E-state index in [2.05, 4.69) is 15.5 Å². The Kier molecular flexibility index (Phi) is 3.91. The van der Waals surface area contributed by atoms with Crippen molar-refractivity contribution in [1.29, 1.82) is 0 Å². The first kappa shape index (κ1) is 12.8. The van der Waals surface area contributed by atoms with Crippen LogP contribution in [0.1, 0.15) is 10.4 Å². The van der Waals surface area contributed by atoms with E-state index < -0.39 is 5.97 Å². The number of amides is 1. The van der Waals surface area contributed by atoms with Crippen molar-refractivity contribution < 1.29 is 14.7 Å². The van der Waals surface area contributed by atoms with Crippen molar-refractivity contribution in [1.82, 2.24) is 24.9 Å². The standard InChI is InChI=1S/C11H13N5O3/c17-10(18)8-16-7-9(6-14-16)11(19)12-3-5-15-4-1-2-13-15/h1-2,4,6-7H,3,5,8H2,(H,12,19)(H,17,18). The molecule has 0 aromatic carbocycles. The average molecular weight is 263 g/mol. The van der Waals surface area contributed by atoms with Crippen LogP contribution in [0.4, 0.5) is 0 Å². The highest BCUT2D eigenvalue weighted by atomic mass is 16.4. The molecule has 0 fully saturated rings. The van der Waals surface area contributed by atoms with E-state index in [4.69, 9.17) is 5.11 Å². The lowest BCUT2D eigenvalue weighted by molar-refractivity contribution is -0.137. The zero-order chi connectivity index (χ0) is 13.7. The van der Waals surface area contributed by atoms with Gasteiger partial charge in [0, 0.05) is 25.1 Å². The van der Waals surface area contributed by atoms with Crippen LogP contribution in [0.15, 0.2) is 30.9 Å². The molecular formula is C11H13N5O3. The second kappa shape index (κ2) is 5.80. The maximum atomic E-state index is 11.7. The Morgan fingerprint density at radius 2 is 2.16 bits per heavy atom. The van der Waals surface area contributed by atoms with Gasteiger partial charge >= 0.3 is 5.97 Å². The van der Waals surface area contributed by atoms with Crippen LogP contribution in [0.5, 0.6) is 0 Å². The van der Waals surface area contributed by atoms with Crippen molar-refractivity contribution >= 4 is 11.9 Å². The quantitative estimate of drug-likeness (QED) is 0.738. The molecule has 0 saturated carbocycles. The molecule has 19 heavy (non-hydrogen) atoms. The number of carboxylic acid groups (broad SMARTS) is 1. The number of aromatic nitrogens is 4. The molecule has 0 aliphatic heterocycles. The van der Waals surface area contributed by atoms with Gasteiger partial charge in [-0.1, -0.05) is 0 Å². The molecular weight excluding hydrogens is 250 g/mol.